The van der Waals surface area contributed by atoms with Crippen molar-refractivity contribution in [3.05, 3.63) is 0 Å². The minimum Gasteiger partial charge on any atom is -0.392 e. The maximum atomic E-state index is 11.8. The Labute approximate surface area is 79.1 Å². The number of hydrogen-bond donors (Lipinski definition) is 2. The van der Waals surface area contributed by atoms with Crippen LogP contribution < -0.4 is 0 Å². The predicted octanol–water partition coefficient (Wildman–Crippen LogP) is 1.41. The van der Waals surface area contributed by atoms with Crippen LogP contribution in [0.2, 0.25) is 0 Å². The summed E-state index contributed by atoms with van der Waals surface area (Å²) in [5.41, 5.74) is 0. The molecule has 0 radical (unpaired) electrons. The summed E-state index contributed by atoms with van der Waals surface area (Å²) in [6.45, 7) is 3.11. The average Bonchev–Trinajstić information content (AvgIpc) is 1.97. The number of alkyl halides is 3. The fourth-order valence-corrected chi connectivity index (χ4v) is 1.43. The molecule has 13 heavy (non-hydrogen) atoms. The number of aliphatic hydroxyl groups excluding tert-OH is 2. The van der Waals surface area contributed by atoms with Gasteiger partial charge in [0.25, 0.3) is 0 Å². The molecule has 0 heterocycles. The van der Waals surface area contributed by atoms with Crippen molar-refractivity contribution in [1.82, 2.24) is 0 Å². The van der Waals surface area contributed by atoms with Crippen molar-refractivity contribution in [2.45, 2.75) is 37.5 Å². The molecule has 0 aliphatic heterocycles. The van der Waals surface area contributed by atoms with Crippen molar-refractivity contribution in [2.75, 3.05) is 5.75 Å². The van der Waals surface area contributed by atoms with Gasteiger partial charge in [0.1, 0.15) is 0 Å². The molecule has 0 amide bonds. The van der Waals surface area contributed by atoms with Crippen LogP contribution in [0.4, 0.5) is 13.2 Å². The molecule has 6 heteroatoms. The largest absolute Gasteiger partial charge is 0.415 e. The Morgan fingerprint density at radius 3 is 2.00 bits per heavy atom. The Kier molecular flexibility index (Phi) is 5.09. The molecule has 0 saturated carbocycles. The first kappa shape index (κ1) is 13.1. The highest BCUT2D eigenvalue weighted by Crippen LogP contribution is 2.25. The smallest absolute Gasteiger partial charge is 0.392 e. The highest BCUT2D eigenvalue weighted by atomic mass is 32.2. The van der Waals surface area contributed by atoms with E-state index in [1.54, 1.807) is 6.92 Å². The monoisotopic (exact) mass is 218 g/mol. The molecule has 0 aliphatic carbocycles. The minimum absolute atomic E-state index is 0.308. The van der Waals surface area contributed by atoms with E-state index >= 15 is 0 Å². The Morgan fingerprint density at radius 2 is 1.69 bits per heavy atom. The minimum atomic E-state index is -4.56. The molecule has 0 aliphatic rings. The number of hydrogen-bond acceptors (Lipinski definition) is 3. The maximum Gasteiger partial charge on any atom is 0.415 e. The molecule has 80 valence electrons. The van der Waals surface area contributed by atoms with E-state index in [2.05, 4.69) is 0 Å². The van der Waals surface area contributed by atoms with E-state index in [1.165, 1.54) is 6.92 Å². The third-order valence-corrected chi connectivity index (χ3v) is 3.00. The fourth-order valence-electron chi connectivity index (χ4n) is 0.477. The first-order valence-electron chi connectivity index (χ1n) is 3.79. The molecular weight excluding hydrogens is 205 g/mol. The molecule has 0 aromatic heterocycles. The molecule has 3 atom stereocenters. The fraction of sp³-hybridized carbons (Fsp3) is 1.00. The van der Waals surface area contributed by atoms with Gasteiger partial charge in [0.15, 0.2) is 6.10 Å². The van der Waals surface area contributed by atoms with E-state index in [4.69, 9.17) is 10.2 Å². The van der Waals surface area contributed by atoms with Gasteiger partial charge < -0.3 is 10.2 Å². The van der Waals surface area contributed by atoms with Crippen molar-refractivity contribution >= 4 is 11.8 Å². The summed E-state index contributed by atoms with van der Waals surface area (Å²) in [6, 6.07) is 0. The van der Waals surface area contributed by atoms with Crippen LogP contribution in [0.5, 0.6) is 0 Å². The van der Waals surface area contributed by atoms with Gasteiger partial charge in [-0.05, 0) is 6.92 Å². The lowest BCUT2D eigenvalue weighted by Crippen LogP contribution is -2.32. The van der Waals surface area contributed by atoms with E-state index in [9.17, 15) is 13.2 Å². The molecule has 0 aromatic rings. The second-order valence-corrected chi connectivity index (χ2v) is 4.25. The lowest BCUT2D eigenvalue weighted by atomic mass is 10.3. The van der Waals surface area contributed by atoms with Gasteiger partial charge in [0, 0.05) is 11.0 Å². The van der Waals surface area contributed by atoms with Crippen molar-refractivity contribution in [3.63, 3.8) is 0 Å². The van der Waals surface area contributed by atoms with Crippen LogP contribution in [0.1, 0.15) is 13.8 Å². The molecule has 3 unspecified atom stereocenters. The zero-order valence-corrected chi connectivity index (χ0v) is 8.19. The van der Waals surface area contributed by atoms with Gasteiger partial charge in [-0.3, -0.25) is 0 Å². The first-order valence-corrected chi connectivity index (χ1v) is 4.84. The lowest BCUT2D eigenvalue weighted by molar-refractivity contribution is -0.195. The van der Waals surface area contributed by atoms with Gasteiger partial charge in [-0.2, -0.15) is 24.9 Å². The standard InChI is InChI=1S/C7H13F3O2S/c1-4(11)5(2)13-3-6(12)7(8,9)10/h4-6,11-12H,3H2,1-2H3. The highest BCUT2D eigenvalue weighted by molar-refractivity contribution is 7.99. The summed E-state index contributed by atoms with van der Waals surface area (Å²) < 4.78 is 35.3. The van der Waals surface area contributed by atoms with Gasteiger partial charge in [0.05, 0.1) is 6.10 Å². The predicted molar refractivity (Wildman–Crippen MR) is 45.7 cm³/mol. The average molecular weight is 218 g/mol. The Balaban J connectivity index is 3.77. The van der Waals surface area contributed by atoms with E-state index in [-0.39, 0.29) is 5.25 Å². The Hall–Kier alpha value is 0.0600. The summed E-state index contributed by atoms with van der Waals surface area (Å²) in [7, 11) is 0. The van der Waals surface area contributed by atoms with Crippen LogP contribution >= 0.6 is 11.8 Å². The quantitative estimate of drug-likeness (QED) is 0.749. The SMILES string of the molecule is CC(O)C(C)SCC(O)C(F)(F)F. The van der Waals surface area contributed by atoms with Crippen LogP contribution in [-0.2, 0) is 0 Å². The second kappa shape index (κ2) is 5.07. The van der Waals surface area contributed by atoms with Crippen molar-refractivity contribution < 1.29 is 23.4 Å². The Morgan fingerprint density at radius 1 is 1.23 bits per heavy atom. The van der Waals surface area contributed by atoms with Crippen LogP contribution in [-0.4, -0.2) is 39.6 Å². The summed E-state index contributed by atoms with van der Waals surface area (Å²) in [5, 5.41) is 17.2. The van der Waals surface area contributed by atoms with Crippen molar-refractivity contribution in [3.8, 4) is 0 Å². The van der Waals surface area contributed by atoms with Crippen LogP contribution in [0.3, 0.4) is 0 Å². The van der Waals surface area contributed by atoms with Crippen LogP contribution in [0.25, 0.3) is 0 Å². The zero-order chi connectivity index (χ0) is 10.6. The van der Waals surface area contributed by atoms with Gasteiger partial charge in [-0.15, -0.1) is 0 Å². The number of halogens is 3. The number of aliphatic hydroxyl groups is 2. The number of rotatable bonds is 4. The van der Waals surface area contributed by atoms with E-state index in [0.29, 0.717) is 0 Å². The topological polar surface area (TPSA) is 40.5 Å². The normalized spacial score (nSPS) is 19.6. The summed E-state index contributed by atoms with van der Waals surface area (Å²) in [5.74, 6) is -0.435. The van der Waals surface area contributed by atoms with Crippen LogP contribution in [0.15, 0.2) is 0 Å². The van der Waals surface area contributed by atoms with Crippen molar-refractivity contribution in [1.29, 1.82) is 0 Å². The first-order chi connectivity index (χ1) is 5.75. The molecule has 0 fully saturated rings. The molecule has 0 aromatic carbocycles. The van der Waals surface area contributed by atoms with Crippen molar-refractivity contribution in [2.24, 2.45) is 0 Å². The summed E-state index contributed by atoms with van der Waals surface area (Å²) in [4.78, 5) is 0. The molecule has 0 spiro atoms. The van der Waals surface area contributed by atoms with E-state index in [0.717, 1.165) is 11.8 Å². The Bertz CT molecular complexity index is 149. The highest BCUT2D eigenvalue weighted by Gasteiger charge is 2.38. The summed E-state index contributed by atoms with van der Waals surface area (Å²) >= 11 is 0.899. The molecule has 0 saturated heterocycles. The summed E-state index contributed by atoms with van der Waals surface area (Å²) in [6.07, 6.45) is -7.55. The number of thioether (sulfide) groups is 1. The molecule has 2 N–H and O–H groups in total. The second-order valence-electron chi connectivity index (χ2n) is 2.84. The van der Waals surface area contributed by atoms with E-state index in [1.807, 2.05) is 0 Å². The lowest BCUT2D eigenvalue weighted by Gasteiger charge is -2.18. The molecular formula is C7H13F3O2S. The van der Waals surface area contributed by atoms with Crippen LogP contribution in [0, 0.1) is 0 Å². The van der Waals surface area contributed by atoms with Gasteiger partial charge in [-0.25, -0.2) is 0 Å². The molecule has 0 rings (SSSR count). The third-order valence-electron chi connectivity index (χ3n) is 1.57. The van der Waals surface area contributed by atoms with Gasteiger partial charge in [0.2, 0.25) is 0 Å². The third kappa shape index (κ3) is 5.38. The molecule has 2 nitrogen and oxygen atoms in total. The zero-order valence-electron chi connectivity index (χ0n) is 7.38. The van der Waals surface area contributed by atoms with Gasteiger partial charge >= 0.3 is 6.18 Å². The van der Waals surface area contributed by atoms with E-state index < -0.39 is 24.1 Å². The maximum absolute atomic E-state index is 11.8. The van der Waals surface area contributed by atoms with Gasteiger partial charge in [-0.1, -0.05) is 6.92 Å². The molecule has 0 bridgehead atoms.